The van der Waals surface area contributed by atoms with Crippen molar-refractivity contribution in [2.45, 2.75) is 4.90 Å². The van der Waals surface area contributed by atoms with Crippen molar-refractivity contribution in [3.05, 3.63) is 42.5 Å². The van der Waals surface area contributed by atoms with Gasteiger partial charge in [0.2, 0.25) is 4.90 Å². The van der Waals surface area contributed by atoms with Crippen LogP contribution in [0.15, 0.2) is 47.4 Å². The summed E-state index contributed by atoms with van der Waals surface area (Å²) >= 11 is 0. The minimum atomic E-state index is -3.81. The third-order valence-corrected chi connectivity index (χ3v) is 3.22. The zero-order valence-electron chi connectivity index (χ0n) is 7.75. The van der Waals surface area contributed by atoms with Crippen molar-refractivity contribution in [2.24, 2.45) is 5.90 Å². The van der Waals surface area contributed by atoms with Gasteiger partial charge in [-0.2, -0.15) is 5.90 Å². The third-order valence-electron chi connectivity index (χ3n) is 2.14. The zero-order valence-corrected chi connectivity index (χ0v) is 8.57. The van der Waals surface area contributed by atoms with E-state index < -0.39 is 10.5 Å². The first-order valence-corrected chi connectivity index (χ1v) is 5.66. The molecule has 5 heteroatoms. The Balaban J connectivity index is 2.61. The molecule has 0 bridgehead atoms. The normalized spacial score (nSPS) is 15.1. The van der Waals surface area contributed by atoms with E-state index in [2.05, 4.69) is 4.28 Å². The standard InChI is InChI=1S/C10H9NO3S/c11-14-15(12,13)10-6-5-8-3-1-2-4-9(8)7-10/h1-7H,11H2/q+1. The Bertz CT molecular complexity index is 541. The molecule has 4 nitrogen and oxygen atoms in total. The molecule has 15 heavy (non-hydrogen) atoms. The van der Waals surface area contributed by atoms with Crippen LogP contribution in [0.5, 0.6) is 0 Å². The largest absolute Gasteiger partial charge is 0.447 e. The minimum Gasteiger partial charge on any atom is -0.160 e. The van der Waals surface area contributed by atoms with Crippen molar-refractivity contribution in [1.29, 1.82) is 0 Å². The molecule has 0 aliphatic rings. The lowest BCUT2D eigenvalue weighted by Gasteiger charge is -1.99. The van der Waals surface area contributed by atoms with E-state index in [1.165, 1.54) is 12.1 Å². The Morgan fingerprint density at radius 2 is 1.73 bits per heavy atom. The summed E-state index contributed by atoms with van der Waals surface area (Å²) in [5.74, 6) is 4.69. The van der Waals surface area contributed by atoms with Crippen LogP contribution in [0.4, 0.5) is 0 Å². The van der Waals surface area contributed by atoms with Crippen LogP contribution in [0.1, 0.15) is 0 Å². The van der Waals surface area contributed by atoms with E-state index in [9.17, 15) is 8.76 Å². The fourth-order valence-electron chi connectivity index (χ4n) is 1.38. The lowest BCUT2D eigenvalue weighted by molar-refractivity contribution is 0.261. The molecule has 2 aromatic rings. The quantitative estimate of drug-likeness (QED) is 0.623. The Kier molecular flexibility index (Phi) is 2.54. The first-order chi connectivity index (χ1) is 7.13. The first kappa shape index (κ1) is 10.3. The summed E-state index contributed by atoms with van der Waals surface area (Å²) in [6.45, 7) is 0. The van der Waals surface area contributed by atoms with E-state index in [0.717, 1.165) is 10.8 Å². The summed E-state index contributed by atoms with van der Waals surface area (Å²) in [5, 5.41) is 1.80. The van der Waals surface area contributed by atoms with Gasteiger partial charge in [-0.15, -0.1) is 0 Å². The lowest BCUT2D eigenvalue weighted by atomic mass is 10.1. The molecule has 0 aromatic heterocycles. The van der Waals surface area contributed by atoms with Crippen LogP contribution in [-0.4, -0.2) is 0 Å². The van der Waals surface area contributed by atoms with Crippen molar-refractivity contribution in [3.63, 3.8) is 0 Å². The molecule has 0 fully saturated rings. The predicted octanol–water partition coefficient (Wildman–Crippen LogP) is 1.85. The second-order valence-electron chi connectivity index (χ2n) is 3.06. The molecule has 0 saturated heterocycles. The molecule has 2 rings (SSSR count). The highest BCUT2D eigenvalue weighted by Crippen LogP contribution is 2.22. The molecule has 1 radical (unpaired) electrons. The molecule has 1 atom stereocenters. The summed E-state index contributed by atoms with van der Waals surface area (Å²) in [5.41, 5.74) is 0. The average Bonchev–Trinajstić information content (AvgIpc) is 2.28. The van der Waals surface area contributed by atoms with Crippen LogP contribution in [0.3, 0.4) is 0 Å². The number of benzene rings is 2. The van der Waals surface area contributed by atoms with Gasteiger partial charge in [-0.3, -0.25) is 0 Å². The Morgan fingerprint density at radius 1 is 1.07 bits per heavy atom. The molecular formula is C10H9NO3S+. The van der Waals surface area contributed by atoms with Crippen molar-refractivity contribution in [3.8, 4) is 0 Å². The fraction of sp³-hybridized carbons (Fsp3) is 0. The minimum absolute atomic E-state index is 0.0590. The Labute approximate surface area is 88.1 Å². The number of nitrogens with two attached hydrogens (primary N) is 1. The van der Waals surface area contributed by atoms with Crippen LogP contribution < -0.4 is 5.90 Å². The SMILES string of the molecule is NO[S+]([O])(=O)c1ccc2ccccc2c1. The van der Waals surface area contributed by atoms with Crippen LogP contribution in [0.2, 0.25) is 0 Å². The van der Waals surface area contributed by atoms with Crippen molar-refractivity contribution in [2.75, 3.05) is 0 Å². The molecule has 0 spiro atoms. The molecule has 0 amide bonds. The molecule has 2 aromatic carbocycles. The number of hydrogen-bond acceptors (Lipinski definition) is 3. The topological polar surface area (TPSA) is 72.2 Å². The van der Waals surface area contributed by atoms with E-state index in [1.54, 1.807) is 6.07 Å². The second-order valence-corrected chi connectivity index (χ2v) is 4.63. The van der Waals surface area contributed by atoms with Gasteiger partial charge in [-0.1, -0.05) is 24.3 Å². The van der Waals surface area contributed by atoms with Crippen LogP contribution in [0.25, 0.3) is 10.8 Å². The number of hydrogen-bond donors (Lipinski definition) is 1. The van der Waals surface area contributed by atoms with Gasteiger partial charge in [-0.25, -0.2) is 0 Å². The second kappa shape index (κ2) is 3.71. The maximum atomic E-state index is 11.3. The fourth-order valence-corrected chi connectivity index (χ4v) is 2.00. The van der Waals surface area contributed by atoms with Crippen LogP contribution in [0, 0.1) is 0 Å². The molecule has 1 unspecified atom stereocenters. The van der Waals surface area contributed by atoms with Gasteiger partial charge in [0, 0.05) is 12.1 Å². The molecule has 0 saturated carbocycles. The maximum Gasteiger partial charge on any atom is 0.447 e. The summed E-state index contributed by atoms with van der Waals surface area (Å²) in [6, 6.07) is 12.1. The van der Waals surface area contributed by atoms with Crippen molar-refractivity contribution in [1.82, 2.24) is 0 Å². The van der Waals surface area contributed by atoms with Gasteiger partial charge >= 0.3 is 10.5 Å². The van der Waals surface area contributed by atoms with Gasteiger partial charge in [0.15, 0.2) is 0 Å². The van der Waals surface area contributed by atoms with Crippen LogP contribution in [-0.2, 0) is 23.5 Å². The summed E-state index contributed by atoms with van der Waals surface area (Å²) in [4.78, 5) is 0.0590. The number of fused-ring (bicyclic) bond motifs is 1. The highest BCUT2D eigenvalue weighted by molar-refractivity contribution is 7.93. The Morgan fingerprint density at radius 3 is 2.40 bits per heavy atom. The van der Waals surface area contributed by atoms with E-state index in [4.69, 9.17) is 5.90 Å². The third kappa shape index (κ3) is 1.91. The van der Waals surface area contributed by atoms with E-state index in [0.29, 0.717) is 0 Å². The first-order valence-electron chi connectivity index (χ1n) is 4.26. The summed E-state index contributed by atoms with van der Waals surface area (Å²) in [7, 11) is -3.81. The van der Waals surface area contributed by atoms with Crippen LogP contribution >= 0.6 is 0 Å². The summed E-state index contributed by atoms with van der Waals surface area (Å²) in [6.07, 6.45) is 0. The number of rotatable bonds is 2. The lowest BCUT2D eigenvalue weighted by Crippen LogP contribution is -2.16. The average molecular weight is 223 g/mol. The molecule has 0 heterocycles. The van der Waals surface area contributed by atoms with Gasteiger partial charge < -0.3 is 0 Å². The molecule has 0 aliphatic heterocycles. The van der Waals surface area contributed by atoms with Gasteiger partial charge in [0.1, 0.15) is 0 Å². The molecular weight excluding hydrogens is 214 g/mol. The molecule has 77 valence electrons. The zero-order chi connectivity index (χ0) is 10.9. The molecule has 0 aliphatic carbocycles. The predicted molar refractivity (Wildman–Crippen MR) is 56.2 cm³/mol. The van der Waals surface area contributed by atoms with Crippen molar-refractivity contribution < 1.29 is 13.0 Å². The van der Waals surface area contributed by atoms with Gasteiger partial charge in [0.25, 0.3) is 0 Å². The van der Waals surface area contributed by atoms with Gasteiger partial charge in [0.05, 0.1) is 4.55 Å². The van der Waals surface area contributed by atoms with Gasteiger partial charge in [-0.05, 0) is 25.3 Å². The smallest absolute Gasteiger partial charge is 0.160 e. The monoisotopic (exact) mass is 223 g/mol. The van der Waals surface area contributed by atoms with E-state index >= 15 is 0 Å². The maximum absolute atomic E-state index is 11.3. The van der Waals surface area contributed by atoms with E-state index in [1.807, 2.05) is 24.3 Å². The highest BCUT2D eigenvalue weighted by atomic mass is 32.3. The highest BCUT2D eigenvalue weighted by Gasteiger charge is 2.34. The van der Waals surface area contributed by atoms with E-state index in [-0.39, 0.29) is 4.90 Å². The van der Waals surface area contributed by atoms with Crippen molar-refractivity contribution >= 4 is 21.3 Å². The summed E-state index contributed by atoms with van der Waals surface area (Å²) < 4.78 is 26.5. The molecule has 2 N–H and O–H groups in total. The Hall–Kier alpha value is -1.27.